The number of nitrogens with one attached hydrogen (secondary N) is 1. The van der Waals surface area contributed by atoms with Gasteiger partial charge in [0.2, 0.25) is 5.91 Å². The third-order valence-electron chi connectivity index (χ3n) is 3.21. The van der Waals surface area contributed by atoms with E-state index in [1.54, 1.807) is 0 Å². The third kappa shape index (κ3) is 3.09. The van der Waals surface area contributed by atoms with Crippen molar-refractivity contribution in [3.63, 3.8) is 0 Å². The third-order valence-corrected chi connectivity index (χ3v) is 3.67. The van der Waals surface area contributed by atoms with E-state index in [4.69, 9.17) is 5.73 Å². The summed E-state index contributed by atoms with van der Waals surface area (Å²) in [5.74, 6) is -0.318. The summed E-state index contributed by atoms with van der Waals surface area (Å²) in [5.41, 5.74) is 4.21. The number of nitrogens with two attached hydrogens (primary N) is 1. The Morgan fingerprint density at radius 1 is 1.37 bits per heavy atom. The highest BCUT2D eigenvalue weighted by atomic mass is 79.9. The van der Waals surface area contributed by atoms with Crippen LogP contribution in [0.15, 0.2) is 22.7 Å². The molecule has 0 atom stereocenters. The molecule has 0 unspecified atom stereocenters. The lowest BCUT2D eigenvalue weighted by molar-refractivity contribution is -0.137. The molecule has 0 spiro atoms. The first-order chi connectivity index (χ1) is 8.77. The van der Waals surface area contributed by atoms with Crippen molar-refractivity contribution in [1.82, 2.24) is 0 Å². The average molecular weight is 337 g/mol. The van der Waals surface area contributed by atoms with E-state index in [0.717, 1.165) is 12.1 Å². The Labute approximate surface area is 116 Å². The van der Waals surface area contributed by atoms with Crippen molar-refractivity contribution in [3.05, 3.63) is 28.2 Å². The number of anilines is 1. The summed E-state index contributed by atoms with van der Waals surface area (Å²) in [6, 6.07) is 3.31. The molecular formula is C12H12BrF3N2O. The second kappa shape index (κ2) is 4.79. The highest BCUT2D eigenvalue weighted by molar-refractivity contribution is 9.10. The van der Waals surface area contributed by atoms with Crippen molar-refractivity contribution >= 4 is 27.5 Å². The van der Waals surface area contributed by atoms with Gasteiger partial charge in [-0.25, -0.2) is 0 Å². The zero-order chi connectivity index (χ0) is 14.3. The van der Waals surface area contributed by atoms with Gasteiger partial charge in [-0.05, 0) is 31.0 Å². The van der Waals surface area contributed by atoms with Crippen molar-refractivity contribution in [2.45, 2.75) is 19.0 Å². The van der Waals surface area contributed by atoms with Crippen LogP contribution in [0.1, 0.15) is 18.4 Å². The Bertz CT molecular complexity index is 512. The molecule has 1 aliphatic carbocycles. The first kappa shape index (κ1) is 14.3. The Balaban J connectivity index is 2.21. The van der Waals surface area contributed by atoms with E-state index in [1.165, 1.54) is 6.07 Å². The van der Waals surface area contributed by atoms with Gasteiger partial charge in [-0.3, -0.25) is 4.79 Å². The number of hydrogen-bond donors (Lipinski definition) is 2. The Hall–Kier alpha value is -1.08. The molecule has 2 rings (SSSR count). The van der Waals surface area contributed by atoms with Gasteiger partial charge < -0.3 is 11.1 Å². The molecule has 19 heavy (non-hydrogen) atoms. The quantitative estimate of drug-likeness (QED) is 0.890. The van der Waals surface area contributed by atoms with Crippen LogP contribution in [0, 0.1) is 5.41 Å². The largest absolute Gasteiger partial charge is 0.416 e. The molecule has 104 valence electrons. The van der Waals surface area contributed by atoms with E-state index in [-0.39, 0.29) is 22.6 Å². The summed E-state index contributed by atoms with van der Waals surface area (Å²) in [7, 11) is 0. The Kier molecular flexibility index (Phi) is 3.61. The summed E-state index contributed by atoms with van der Waals surface area (Å²) >= 11 is 3.00. The SMILES string of the molecule is NCC1(C(=O)Nc2cc(Br)cc(C(F)(F)F)c2)CC1. The summed E-state index contributed by atoms with van der Waals surface area (Å²) in [4.78, 5) is 11.9. The zero-order valence-electron chi connectivity index (χ0n) is 9.85. The van der Waals surface area contributed by atoms with Gasteiger partial charge in [-0.2, -0.15) is 13.2 Å². The minimum atomic E-state index is -4.45. The summed E-state index contributed by atoms with van der Waals surface area (Å²) in [6.45, 7) is 0.207. The van der Waals surface area contributed by atoms with E-state index in [1.807, 2.05) is 0 Å². The van der Waals surface area contributed by atoms with Crippen LogP contribution in [0.2, 0.25) is 0 Å². The van der Waals surface area contributed by atoms with Crippen molar-refractivity contribution in [2.24, 2.45) is 11.1 Å². The van der Waals surface area contributed by atoms with E-state index in [0.29, 0.717) is 12.8 Å². The van der Waals surface area contributed by atoms with Crippen molar-refractivity contribution in [1.29, 1.82) is 0 Å². The molecule has 1 aliphatic rings. The molecule has 1 aromatic rings. The molecule has 0 aliphatic heterocycles. The normalized spacial score (nSPS) is 17.1. The number of alkyl halides is 3. The average Bonchev–Trinajstić information content (AvgIpc) is 3.07. The van der Waals surface area contributed by atoms with Crippen LogP contribution in [0.3, 0.4) is 0 Å². The lowest BCUT2D eigenvalue weighted by Crippen LogP contribution is -2.30. The van der Waals surface area contributed by atoms with Crippen molar-refractivity contribution < 1.29 is 18.0 Å². The van der Waals surface area contributed by atoms with Gasteiger partial charge in [-0.1, -0.05) is 15.9 Å². The fraction of sp³-hybridized carbons (Fsp3) is 0.417. The topological polar surface area (TPSA) is 55.1 Å². The minimum Gasteiger partial charge on any atom is -0.329 e. The summed E-state index contributed by atoms with van der Waals surface area (Å²) in [6.07, 6.45) is -3.10. The van der Waals surface area contributed by atoms with Crippen LogP contribution in [0.4, 0.5) is 18.9 Å². The molecule has 1 amide bonds. The molecule has 3 nitrogen and oxygen atoms in total. The van der Waals surface area contributed by atoms with E-state index in [2.05, 4.69) is 21.2 Å². The van der Waals surface area contributed by atoms with Gasteiger partial charge in [-0.15, -0.1) is 0 Å². The van der Waals surface area contributed by atoms with Gasteiger partial charge in [0.25, 0.3) is 0 Å². The number of benzene rings is 1. The fourth-order valence-corrected chi connectivity index (χ4v) is 2.26. The first-order valence-electron chi connectivity index (χ1n) is 5.66. The van der Waals surface area contributed by atoms with Crippen LogP contribution in [-0.2, 0) is 11.0 Å². The van der Waals surface area contributed by atoms with E-state index in [9.17, 15) is 18.0 Å². The number of amides is 1. The first-order valence-corrected chi connectivity index (χ1v) is 6.45. The maximum Gasteiger partial charge on any atom is 0.416 e. The van der Waals surface area contributed by atoms with Crippen LogP contribution in [0.25, 0.3) is 0 Å². The molecule has 0 radical (unpaired) electrons. The maximum absolute atomic E-state index is 12.6. The standard InChI is InChI=1S/C12H12BrF3N2O/c13-8-3-7(12(14,15)16)4-9(5-8)18-10(19)11(6-17)1-2-11/h3-5H,1-2,6,17H2,(H,18,19). The molecule has 3 N–H and O–H groups in total. The van der Waals surface area contributed by atoms with E-state index < -0.39 is 17.2 Å². The summed E-state index contributed by atoms with van der Waals surface area (Å²) < 4.78 is 38.2. The fourth-order valence-electron chi connectivity index (χ4n) is 1.76. The number of rotatable bonds is 3. The molecule has 7 heteroatoms. The molecule has 1 fully saturated rings. The van der Waals surface area contributed by atoms with Crippen LogP contribution >= 0.6 is 15.9 Å². The number of carbonyl (C=O) groups is 1. The van der Waals surface area contributed by atoms with Crippen LogP contribution < -0.4 is 11.1 Å². The van der Waals surface area contributed by atoms with Gasteiger partial charge in [0.15, 0.2) is 0 Å². The van der Waals surface area contributed by atoms with Crippen LogP contribution in [-0.4, -0.2) is 12.5 Å². The zero-order valence-corrected chi connectivity index (χ0v) is 11.4. The van der Waals surface area contributed by atoms with Crippen molar-refractivity contribution in [2.75, 3.05) is 11.9 Å². The lowest BCUT2D eigenvalue weighted by atomic mass is 10.1. The predicted octanol–water partition coefficient (Wildman–Crippen LogP) is 3.15. The predicted molar refractivity (Wildman–Crippen MR) is 68.5 cm³/mol. The van der Waals surface area contributed by atoms with Crippen LogP contribution in [0.5, 0.6) is 0 Å². The Morgan fingerprint density at radius 3 is 2.47 bits per heavy atom. The maximum atomic E-state index is 12.6. The van der Waals surface area contributed by atoms with Gasteiger partial charge >= 0.3 is 6.18 Å². The monoisotopic (exact) mass is 336 g/mol. The molecule has 0 heterocycles. The summed E-state index contributed by atoms with van der Waals surface area (Å²) in [5, 5.41) is 2.50. The van der Waals surface area contributed by atoms with Gasteiger partial charge in [0.1, 0.15) is 0 Å². The lowest BCUT2D eigenvalue weighted by Gasteiger charge is -2.15. The molecule has 0 aromatic heterocycles. The molecule has 1 aromatic carbocycles. The molecule has 1 saturated carbocycles. The second-order valence-corrected chi connectivity index (χ2v) is 5.58. The van der Waals surface area contributed by atoms with Gasteiger partial charge in [0, 0.05) is 16.7 Å². The highest BCUT2D eigenvalue weighted by Crippen LogP contribution is 2.45. The highest BCUT2D eigenvalue weighted by Gasteiger charge is 2.48. The molecular weight excluding hydrogens is 325 g/mol. The number of hydrogen-bond acceptors (Lipinski definition) is 2. The smallest absolute Gasteiger partial charge is 0.329 e. The minimum absolute atomic E-state index is 0.117. The Morgan fingerprint density at radius 2 is 2.00 bits per heavy atom. The van der Waals surface area contributed by atoms with Crippen molar-refractivity contribution in [3.8, 4) is 0 Å². The number of halogens is 4. The molecule has 0 bridgehead atoms. The second-order valence-electron chi connectivity index (χ2n) is 4.66. The number of carbonyl (C=O) groups excluding carboxylic acids is 1. The van der Waals surface area contributed by atoms with E-state index >= 15 is 0 Å². The van der Waals surface area contributed by atoms with Gasteiger partial charge in [0.05, 0.1) is 11.0 Å². The molecule has 0 saturated heterocycles.